The molecule has 1 aliphatic rings. The number of amides is 1. The zero-order chi connectivity index (χ0) is 14.7. The molecule has 2 rings (SSSR count). The minimum Gasteiger partial charge on any atom is -0.409 e. The quantitative estimate of drug-likeness (QED) is 0.341. The number of nitrogens with two attached hydrogens (primary N) is 1. The molecule has 0 bridgehead atoms. The summed E-state index contributed by atoms with van der Waals surface area (Å²) in [7, 11) is 0. The number of oxime groups is 1. The van der Waals surface area contributed by atoms with Crippen molar-refractivity contribution in [1.29, 1.82) is 0 Å². The molecule has 4 N–H and O–H groups in total. The van der Waals surface area contributed by atoms with Crippen molar-refractivity contribution in [3.8, 4) is 0 Å². The van der Waals surface area contributed by atoms with Gasteiger partial charge in [-0.3, -0.25) is 4.79 Å². The maximum absolute atomic E-state index is 13.5. The van der Waals surface area contributed by atoms with Gasteiger partial charge in [-0.05, 0) is 37.5 Å². The minimum absolute atomic E-state index is 0.128. The standard InChI is InChI=1S/C14H18FN3O2/c1-8-5-6-9(7-11(8)15)14(19)17-12-4-2-3-10(12)13(16)18-20/h5-7,10,12,20H,2-4H2,1H3,(H2,16,18)(H,17,19). The van der Waals surface area contributed by atoms with Gasteiger partial charge in [0.15, 0.2) is 0 Å². The average Bonchev–Trinajstić information content (AvgIpc) is 2.89. The van der Waals surface area contributed by atoms with E-state index in [4.69, 9.17) is 10.9 Å². The van der Waals surface area contributed by atoms with E-state index in [9.17, 15) is 9.18 Å². The lowest BCUT2D eigenvalue weighted by molar-refractivity contribution is 0.0933. The van der Waals surface area contributed by atoms with Crippen LogP contribution in [0.5, 0.6) is 0 Å². The molecule has 6 heteroatoms. The van der Waals surface area contributed by atoms with Crippen LogP contribution in [0.2, 0.25) is 0 Å². The number of aryl methyl sites for hydroxylation is 1. The third-order valence-corrected chi connectivity index (χ3v) is 3.76. The van der Waals surface area contributed by atoms with E-state index < -0.39 is 5.82 Å². The summed E-state index contributed by atoms with van der Waals surface area (Å²) in [6.45, 7) is 1.64. The first-order chi connectivity index (χ1) is 9.52. The molecule has 1 aliphatic carbocycles. The number of carbonyl (C=O) groups excluding carboxylic acids is 1. The number of carbonyl (C=O) groups is 1. The largest absolute Gasteiger partial charge is 0.409 e. The monoisotopic (exact) mass is 279 g/mol. The van der Waals surface area contributed by atoms with Gasteiger partial charge in [0.2, 0.25) is 0 Å². The molecule has 2 unspecified atom stereocenters. The van der Waals surface area contributed by atoms with E-state index >= 15 is 0 Å². The molecule has 1 aromatic carbocycles. The van der Waals surface area contributed by atoms with Crippen LogP contribution in [0.25, 0.3) is 0 Å². The van der Waals surface area contributed by atoms with Gasteiger partial charge in [0, 0.05) is 17.5 Å². The van der Waals surface area contributed by atoms with E-state index in [1.165, 1.54) is 6.07 Å². The van der Waals surface area contributed by atoms with Gasteiger partial charge in [-0.2, -0.15) is 0 Å². The van der Waals surface area contributed by atoms with Crippen molar-refractivity contribution in [2.45, 2.75) is 32.2 Å². The molecule has 0 spiro atoms. The summed E-state index contributed by atoms with van der Waals surface area (Å²) in [6.07, 6.45) is 2.43. The molecule has 1 fully saturated rings. The first kappa shape index (κ1) is 14.3. The van der Waals surface area contributed by atoms with Gasteiger partial charge in [-0.15, -0.1) is 0 Å². The van der Waals surface area contributed by atoms with Crippen molar-refractivity contribution in [3.63, 3.8) is 0 Å². The zero-order valence-electron chi connectivity index (χ0n) is 11.3. The Morgan fingerprint density at radius 3 is 2.90 bits per heavy atom. The second-order valence-corrected chi connectivity index (χ2v) is 5.11. The normalized spacial score (nSPS) is 22.8. The number of benzene rings is 1. The molecule has 1 aromatic rings. The van der Waals surface area contributed by atoms with Crippen LogP contribution in [-0.2, 0) is 0 Å². The highest BCUT2D eigenvalue weighted by Gasteiger charge is 2.32. The molecule has 0 heterocycles. The summed E-state index contributed by atoms with van der Waals surface area (Å²) in [6, 6.07) is 4.20. The molecule has 20 heavy (non-hydrogen) atoms. The van der Waals surface area contributed by atoms with Gasteiger partial charge in [-0.1, -0.05) is 17.6 Å². The van der Waals surface area contributed by atoms with Crippen LogP contribution in [0, 0.1) is 18.7 Å². The molecule has 5 nitrogen and oxygen atoms in total. The number of nitrogens with one attached hydrogen (secondary N) is 1. The lowest BCUT2D eigenvalue weighted by Gasteiger charge is -2.19. The Labute approximate surface area is 116 Å². The molecule has 1 amide bonds. The smallest absolute Gasteiger partial charge is 0.251 e. The van der Waals surface area contributed by atoms with Crippen molar-refractivity contribution in [2.75, 3.05) is 0 Å². The van der Waals surface area contributed by atoms with E-state index in [0.29, 0.717) is 5.56 Å². The predicted molar refractivity (Wildman–Crippen MR) is 73.1 cm³/mol. The molecule has 0 aliphatic heterocycles. The van der Waals surface area contributed by atoms with Gasteiger partial charge in [0.1, 0.15) is 11.7 Å². The van der Waals surface area contributed by atoms with Crippen molar-refractivity contribution >= 4 is 11.7 Å². The molecular formula is C14H18FN3O2. The Morgan fingerprint density at radius 1 is 1.50 bits per heavy atom. The average molecular weight is 279 g/mol. The number of hydrogen-bond acceptors (Lipinski definition) is 3. The molecular weight excluding hydrogens is 261 g/mol. The topological polar surface area (TPSA) is 87.7 Å². The Bertz CT molecular complexity index is 545. The summed E-state index contributed by atoms with van der Waals surface area (Å²) in [5, 5.41) is 14.6. The van der Waals surface area contributed by atoms with E-state index in [1.807, 2.05) is 0 Å². The van der Waals surface area contributed by atoms with Crippen LogP contribution in [0.1, 0.15) is 35.2 Å². The van der Waals surface area contributed by atoms with Gasteiger partial charge < -0.3 is 16.3 Å². The fourth-order valence-electron chi connectivity index (χ4n) is 2.55. The lowest BCUT2D eigenvalue weighted by atomic mass is 10.0. The fraction of sp³-hybridized carbons (Fsp3) is 0.429. The van der Waals surface area contributed by atoms with Gasteiger partial charge in [0.25, 0.3) is 5.91 Å². The summed E-state index contributed by atoms with van der Waals surface area (Å²) in [5.41, 5.74) is 6.39. The zero-order valence-corrected chi connectivity index (χ0v) is 11.3. The van der Waals surface area contributed by atoms with E-state index in [0.717, 1.165) is 19.3 Å². The molecule has 0 aromatic heterocycles. The SMILES string of the molecule is Cc1ccc(C(=O)NC2CCCC2C(N)=NO)cc1F. The Balaban J connectivity index is 2.09. The molecule has 108 valence electrons. The van der Waals surface area contributed by atoms with Crippen molar-refractivity contribution in [3.05, 3.63) is 35.1 Å². The summed E-state index contributed by atoms with van der Waals surface area (Å²) >= 11 is 0. The van der Waals surface area contributed by atoms with E-state index in [1.54, 1.807) is 19.1 Å². The highest BCUT2D eigenvalue weighted by molar-refractivity contribution is 5.95. The first-order valence-electron chi connectivity index (χ1n) is 6.57. The van der Waals surface area contributed by atoms with Crippen LogP contribution in [-0.4, -0.2) is 23.0 Å². The fourth-order valence-corrected chi connectivity index (χ4v) is 2.55. The van der Waals surface area contributed by atoms with Crippen LogP contribution < -0.4 is 11.1 Å². The lowest BCUT2D eigenvalue weighted by Crippen LogP contribution is -2.42. The Morgan fingerprint density at radius 2 is 2.25 bits per heavy atom. The van der Waals surface area contributed by atoms with E-state index in [2.05, 4.69) is 10.5 Å². The summed E-state index contributed by atoms with van der Waals surface area (Å²) in [5.74, 6) is -0.786. The third-order valence-electron chi connectivity index (χ3n) is 3.76. The molecule has 2 atom stereocenters. The van der Waals surface area contributed by atoms with E-state index in [-0.39, 0.29) is 29.3 Å². The van der Waals surface area contributed by atoms with Crippen molar-refractivity contribution in [1.82, 2.24) is 5.32 Å². The minimum atomic E-state index is -0.406. The maximum atomic E-state index is 13.5. The highest BCUT2D eigenvalue weighted by atomic mass is 19.1. The number of hydrogen-bond donors (Lipinski definition) is 3. The Kier molecular flexibility index (Phi) is 4.22. The van der Waals surface area contributed by atoms with Crippen molar-refractivity contribution < 1.29 is 14.4 Å². The third kappa shape index (κ3) is 2.89. The van der Waals surface area contributed by atoms with Crippen LogP contribution in [0.4, 0.5) is 4.39 Å². The number of halogens is 1. The van der Waals surface area contributed by atoms with Crippen molar-refractivity contribution in [2.24, 2.45) is 16.8 Å². The second kappa shape index (κ2) is 5.90. The number of rotatable bonds is 3. The maximum Gasteiger partial charge on any atom is 0.251 e. The molecule has 0 radical (unpaired) electrons. The summed E-state index contributed by atoms with van der Waals surface area (Å²) < 4.78 is 13.5. The van der Waals surface area contributed by atoms with Crippen LogP contribution >= 0.6 is 0 Å². The number of nitrogens with zero attached hydrogens (tertiary/aromatic N) is 1. The van der Waals surface area contributed by atoms with Gasteiger partial charge >= 0.3 is 0 Å². The van der Waals surface area contributed by atoms with Gasteiger partial charge in [0.05, 0.1) is 0 Å². The molecule has 0 saturated heterocycles. The Hall–Kier alpha value is -2.11. The van der Waals surface area contributed by atoms with Crippen LogP contribution in [0.3, 0.4) is 0 Å². The van der Waals surface area contributed by atoms with Gasteiger partial charge in [-0.25, -0.2) is 4.39 Å². The summed E-state index contributed by atoms with van der Waals surface area (Å²) in [4.78, 5) is 12.1. The number of amidine groups is 1. The predicted octanol–water partition coefficient (Wildman–Crippen LogP) is 1.78. The first-order valence-corrected chi connectivity index (χ1v) is 6.57. The van der Waals surface area contributed by atoms with Crippen LogP contribution in [0.15, 0.2) is 23.4 Å². The second-order valence-electron chi connectivity index (χ2n) is 5.11. The highest BCUT2D eigenvalue weighted by Crippen LogP contribution is 2.26. The molecule has 1 saturated carbocycles.